The number of ether oxygens (including phenoxy) is 5. The van der Waals surface area contributed by atoms with Crippen LogP contribution >= 0.6 is 0 Å². The van der Waals surface area contributed by atoms with E-state index in [1.165, 1.54) is 0 Å². The molecule has 0 saturated carbocycles. The van der Waals surface area contributed by atoms with Gasteiger partial charge in [-0.2, -0.15) is 0 Å². The summed E-state index contributed by atoms with van der Waals surface area (Å²) in [6, 6.07) is 7.18. The van der Waals surface area contributed by atoms with Crippen LogP contribution in [0.15, 0.2) is 30.3 Å². The van der Waals surface area contributed by atoms with E-state index in [4.69, 9.17) is 23.7 Å². The lowest BCUT2D eigenvalue weighted by Crippen LogP contribution is -2.67. The molecule has 1 aromatic carbocycles. The number of aliphatic hydroxyl groups excluding tert-OH is 11. The van der Waals surface area contributed by atoms with Gasteiger partial charge < -0.3 is 90.3 Å². The first-order valence-corrected chi connectivity index (χ1v) is 15.7. The van der Waals surface area contributed by atoms with Crippen LogP contribution < -0.4 is 5.32 Å². The highest BCUT2D eigenvalue weighted by atomic mass is 16.7. The molecule has 1 amide bonds. The number of hydrogen-bond acceptors (Lipinski definition) is 18. The van der Waals surface area contributed by atoms with Crippen LogP contribution in [0.4, 0.5) is 0 Å². The summed E-state index contributed by atoms with van der Waals surface area (Å²) in [6.45, 7) is -1.39. The second-order valence-electron chi connectivity index (χ2n) is 12.6. The smallest absolute Gasteiger partial charge is 0.217 e. The van der Waals surface area contributed by atoms with Crippen molar-refractivity contribution in [3.8, 4) is 0 Å². The number of aliphatic hydroxyl groups is 12. The van der Waals surface area contributed by atoms with E-state index >= 15 is 0 Å². The van der Waals surface area contributed by atoms with Crippen molar-refractivity contribution in [3.63, 3.8) is 0 Å². The minimum Gasteiger partial charge on any atom is -0.394 e. The first kappa shape index (κ1) is 39.8. The summed E-state index contributed by atoms with van der Waals surface area (Å²) in [5, 5.41) is 128. The summed E-state index contributed by atoms with van der Waals surface area (Å²) in [6.07, 6.45) is -26.7. The Hall–Kier alpha value is -1.99. The molecule has 4 rings (SSSR count). The topological polar surface area (TPSA) is 318 Å². The molecule has 17 atom stereocenters. The van der Waals surface area contributed by atoms with Crippen molar-refractivity contribution in [1.82, 2.24) is 5.32 Å². The quantitative estimate of drug-likeness (QED) is 0.0905. The van der Waals surface area contributed by atoms with E-state index in [0.29, 0.717) is 5.56 Å². The Bertz CT molecular complexity index is 1180. The normalized spacial score (nSPS) is 41.9. The van der Waals surface area contributed by atoms with Gasteiger partial charge in [-0.3, -0.25) is 4.79 Å². The average Bonchev–Trinajstić information content (AvgIpc) is 3.07. The average molecular weight is 710 g/mol. The van der Waals surface area contributed by atoms with E-state index < -0.39 is 136 Å². The van der Waals surface area contributed by atoms with Crippen LogP contribution in [0.5, 0.6) is 0 Å². The third-order valence-electron chi connectivity index (χ3n) is 8.85. The van der Waals surface area contributed by atoms with Crippen LogP contribution in [-0.2, 0) is 34.9 Å². The Labute approximate surface area is 280 Å². The molecule has 19 nitrogen and oxygen atoms in total. The number of nitrogens with one attached hydrogen (secondary N) is 1. The zero-order chi connectivity index (χ0) is 36.2. The van der Waals surface area contributed by atoms with Gasteiger partial charge in [-0.15, -0.1) is 0 Å². The van der Waals surface area contributed by atoms with Gasteiger partial charge in [0.25, 0.3) is 0 Å². The third-order valence-corrected chi connectivity index (χ3v) is 8.85. The second kappa shape index (κ2) is 17.0. The predicted molar refractivity (Wildman–Crippen MR) is 159 cm³/mol. The van der Waals surface area contributed by atoms with Crippen molar-refractivity contribution in [3.05, 3.63) is 35.9 Å². The van der Waals surface area contributed by atoms with E-state index in [9.17, 15) is 66.1 Å². The van der Waals surface area contributed by atoms with Crippen molar-refractivity contribution in [2.75, 3.05) is 19.8 Å². The number of amides is 1. The van der Waals surface area contributed by atoms with Gasteiger partial charge in [0.05, 0.1) is 31.5 Å². The molecule has 0 aromatic heterocycles. The highest BCUT2D eigenvalue weighted by Gasteiger charge is 2.54. The van der Waals surface area contributed by atoms with Crippen LogP contribution in [0.2, 0.25) is 0 Å². The van der Waals surface area contributed by atoms with Gasteiger partial charge in [0, 0.05) is 19.8 Å². The standard InChI is InChI=1S/C30H47NO18/c1-12(34)31-18-14(35)8-30(44,49-27(18)19(37)15(36)9-32)11-45-16(7-13-5-3-2-4-6-13)25-21(39)20(38)24(42)29(47-25)48-26-17(10-33)46-28(43)23(41)22(26)40/h2-6,14-29,32-33,35-44H,7-11H2,1H3,(H,31,34)/t14-,15+,16?,17+,18+,19+,20-,21+,22+,23+,24+,25+,26+,27+,28-,29-,30-/m0/s1. The van der Waals surface area contributed by atoms with Gasteiger partial charge in [-0.05, 0) is 5.56 Å². The fraction of sp³-hybridized carbons (Fsp3) is 0.767. The Kier molecular flexibility index (Phi) is 13.8. The molecule has 13 N–H and O–H groups in total. The zero-order valence-electron chi connectivity index (χ0n) is 26.5. The van der Waals surface area contributed by atoms with Crippen LogP contribution in [0.25, 0.3) is 0 Å². The van der Waals surface area contributed by atoms with Gasteiger partial charge in [-0.1, -0.05) is 30.3 Å². The van der Waals surface area contributed by atoms with Crippen LogP contribution in [0.1, 0.15) is 18.9 Å². The van der Waals surface area contributed by atoms with Gasteiger partial charge in [0.15, 0.2) is 18.4 Å². The molecule has 3 aliphatic rings. The maximum absolute atomic E-state index is 11.8. The first-order valence-electron chi connectivity index (χ1n) is 15.7. The van der Waals surface area contributed by atoms with Gasteiger partial charge >= 0.3 is 0 Å². The van der Waals surface area contributed by atoms with E-state index in [-0.39, 0.29) is 6.42 Å². The van der Waals surface area contributed by atoms with E-state index in [1.807, 2.05) is 0 Å². The van der Waals surface area contributed by atoms with E-state index in [0.717, 1.165) is 6.92 Å². The molecule has 49 heavy (non-hydrogen) atoms. The maximum Gasteiger partial charge on any atom is 0.217 e. The van der Waals surface area contributed by atoms with Gasteiger partial charge in [-0.25, -0.2) is 0 Å². The molecule has 0 spiro atoms. The lowest BCUT2D eigenvalue weighted by atomic mass is 9.88. The minimum absolute atomic E-state index is 0.0696. The Morgan fingerprint density at radius 2 is 1.61 bits per heavy atom. The molecule has 0 aliphatic carbocycles. The van der Waals surface area contributed by atoms with Crippen molar-refractivity contribution in [2.45, 2.75) is 124 Å². The summed E-state index contributed by atoms with van der Waals surface area (Å²) in [5.41, 5.74) is 0.608. The molecule has 1 aromatic rings. The molecular formula is C30H47NO18. The van der Waals surface area contributed by atoms with Gasteiger partial charge in [0.1, 0.15) is 73.8 Å². The van der Waals surface area contributed by atoms with E-state index in [1.54, 1.807) is 30.3 Å². The lowest BCUT2D eigenvalue weighted by Gasteiger charge is -2.48. The maximum atomic E-state index is 11.8. The molecule has 3 aliphatic heterocycles. The summed E-state index contributed by atoms with van der Waals surface area (Å²) in [4.78, 5) is 11.8. The summed E-state index contributed by atoms with van der Waals surface area (Å²) >= 11 is 0. The van der Waals surface area contributed by atoms with Crippen LogP contribution in [0.3, 0.4) is 0 Å². The fourth-order valence-corrected chi connectivity index (χ4v) is 6.20. The molecule has 3 fully saturated rings. The number of carbonyl (C=O) groups excluding carboxylic acids is 1. The molecule has 1 unspecified atom stereocenters. The molecule has 3 saturated heterocycles. The largest absolute Gasteiger partial charge is 0.394 e. The van der Waals surface area contributed by atoms with Crippen molar-refractivity contribution in [1.29, 1.82) is 0 Å². The molecule has 0 radical (unpaired) electrons. The molecule has 280 valence electrons. The highest BCUT2D eigenvalue weighted by molar-refractivity contribution is 5.73. The predicted octanol–water partition coefficient (Wildman–Crippen LogP) is -6.70. The molecular weight excluding hydrogens is 662 g/mol. The minimum atomic E-state index is -2.41. The molecule has 3 heterocycles. The monoisotopic (exact) mass is 709 g/mol. The van der Waals surface area contributed by atoms with Crippen LogP contribution in [-0.4, -0.2) is 191 Å². The first-order chi connectivity index (χ1) is 23.1. The molecule has 19 heteroatoms. The Morgan fingerprint density at radius 3 is 2.22 bits per heavy atom. The lowest BCUT2D eigenvalue weighted by molar-refractivity contribution is -0.364. The number of hydrogen-bond donors (Lipinski definition) is 13. The highest BCUT2D eigenvalue weighted by Crippen LogP contribution is 2.34. The van der Waals surface area contributed by atoms with Crippen molar-refractivity contribution < 1.29 is 89.8 Å². The summed E-state index contributed by atoms with van der Waals surface area (Å²) in [7, 11) is 0. The number of rotatable bonds is 13. The Morgan fingerprint density at radius 1 is 0.939 bits per heavy atom. The second-order valence-corrected chi connectivity index (χ2v) is 12.6. The number of benzene rings is 1. The SMILES string of the molecule is CC(=O)N[C@H]1[C@H]([C@H](O)[C@H](O)CO)O[C@](O)(COC(Cc2ccccc2)[C@H]2O[C@@H](O[C@H]3[C@H](O)[C@@H](O)[C@@H](O)O[C@@H]3CO)[C@H](O)[C@@H](O)[C@H]2O)C[C@@H]1O. The summed E-state index contributed by atoms with van der Waals surface area (Å²) < 4.78 is 28.3. The van der Waals surface area contributed by atoms with Gasteiger partial charge in [0.2, 0.25) is 5.91 Å². The van der Waals surface area contributed by atoms with Crippen molar-refractivity contribution in [2.24, 2.45) is 0 Å². The van der Waals surface area contributed by atoms with Crippen LogP contribution in [0, 0.1) is 0 Å². The fourth-order valence-electron chi connectivity index (χ4n) is 6.20. The molecule has 0 bridgehead atoms. The zero-order valence-corrected chi connectivity index (χ0v) is 26.5. The number of carbonyl (C=O) groups is 1. The van der Waals surface area contributed by atoms with Crippen molar-refractivity contribution >= 4 is 5.91 Å². The third kappa shape index (κ3) is 9.28. The van der Waals surface area contributed by atoms with E-state index in [2.05, 4.69) is 5.32 Å². The summed E-state index contributed by atoms with van der Waals surface area (Å²) in [5.74, 6) is -3.04. The Balaban J connectivity index is 1.59.